The fourth-order valence-corrected chi connectivity index (χ4v) is 4.96. The molecule has 0 atom stereocenters. The van der Waals surface area contributed by atoms with E-state index in [1.54, 1.807) is 21.3 Å². The average molecular weight is 381 g/mol. The van der Waals surface area contributed by atoms with E-state index in [2.05, 4.69) is 24.3 Å². The number of fused-ring (bicyclic) bond motifs is 1. The second-order valence-electron chi connectivity index (χ2n) is 5.64. The SMILES string of the molecule is COCCO[Si](OCCOC)(OCCOC)c1ccc2ccccc2c1. The highest BCUT2D eigenvalue weighted by Crippen LogP contribution is 2.17. The van der Waals surface area contributed by atoms with Crippen LogP contribution < -0.4 is 5.19 Å². The van der Waals surface area contributed by atoms with E-state index in [1.165, 1.54) is 0 Å². The van der Waals surface area contributed by atoms with Crippen LogP contribution in [0.25, 0.3) is 10.8 Å². The van der Waals surface area contributed by atoms with E-state index in [0.29, 0.717) is 39.6 Å². The van der Waals surface area contributed by atoms with Crippen molar-refractivity contribution in [3.63, 3.8) is 0 Å². The maximum Gasteiger partial charge on any atom is 0.537 e. The molecule has 0 unspecified atom stereocenters. The molecular weight excluding hydrogens is 352 g/mol. The van der Waals surface area contributed by atoms with E-state index in [0.717, 1.165) is 16.0 Å². The Balaban J connectivity index is 2.34. The van der Waals surface area contributed by atoms with Gasteiger partial charge in [-0.15, -0.1) is 0 Å². The van der Waals surface area contributed by atoms with Gasteiger partial charge in [-0.2, -0.15) is 0 Å². The van der Waals surface area contributed by atoms with Crippen LogP contribution in [0.2, 0.25) is 0 Å². The third-order valence-electron chi connectivity index (χ3n) is 3.84. The van der Waals surface area contributed by atoms with E-state index in [-0.39, 0.29) is 0 Å². The van der Waals surface area contributed by atoms with Gasteiger partial charge in [-0.3, -0.25) is 0 Å². The Labute approximate surface area is 156 Å². The van der Waals surface area contributed by atoms with E-state index in [9.17, 15) is 0 Å². The smallest absolute Gasteiger partial charge is 0.382 e. The van der Waals surface area contributed by atoms with Crippen LogP contribution in [0.1, 0.15) is 0 Å². The molecular formula is C19H28O6Si. The Bertz CT molecular complexity index is 624. The summed E-state index contributed by atoms with van der Waals surface area (Å²) in [5.74, 6) is 0. The average Bonchev–Trinajstić information content (AvgIpc) is 2.68. The molecule has 6 nitrogen and oxygen atoms in total. The van der Waals surface area contributed by atoms with E-state index >= 15 is 0 Å². The van der Waals surface area contributed by atoms with Gasteiger partial charge in [0.1, 0.15) is 0 Å². The minimum atomic E-state index is -3.14. The molecule has 26 heavy (non-hydrogen) atoms. The van der Waals surface area contributed by atoms with Crippen LogP contribution in [-0.4, -0.2) is 69.8 Å². The summed E-state index contributed by atoms with van der Waals surface area (Å²) in [6.07, 6.45) is 0. The van der Waals surface area contributed by atoms with Crippen molar-refractivity contribution < 1.29 is 27.5 Å². The summed E-state index contributed by atoms with van der Waals surface area (Å²) < 4.78 is 33.9. The lowest BCUT2D eigenvalue weighted by Crippen LogP contribution is -2.58. The van der Waals surface area contributed by atoms with Crippen LogP contribution in [0.3, 0.4) is 0 Å². The van der Waals surface area contributed by atoms with Crippen LogP contribution >= 0.6 is 0 Å². The van der Waals surface area contributed by atoms with Crippen molar-refractivity contribution in [2.75, 3.05) is 61.0 Å². The third kappa shape index (κ3) is 5.85. The first-order valence-electron chi connectivity index (χ1n) is 8.63. The van der Waals surface area contributed by atoms with E-state index in [1.807, 2.05) is 18.2 Å². The lowest BCUT2D eigenvalue weighted by atomic mass is 10.1. The molecule has 0 saturated heterocycles. The van der Waals surface area contributed by atoms with Gasteiger partial charge in [-0.1, -0.05) is 36.4 Å². The summed E-state index contributed by atoms with van der Waals surface area (Å²) in [6.45, 7) is 2.54. The lowest BCUT2D eigenvalue weighted by molar-refractivity contribution is 0.0243. The normalized spacial score (nSPS) is 12.0. The van der Waals surface area contributed by atoms with Crippen molar-refractivity contribution in [2.24, 2.45) is 0 Å². The molecule has 2 rings (SSSR count). The highest BCUT2D eigenvalue weighted by molar-refractivity contribution is 6.75. The van der Waals surface area contributed by atoms with Gasteiger partial charge in [-0.25, -0.2) is 0 Å². The van der Waals surface area contributed by atoms with E-state index in [4.69, 9.17) is 27.5 Å². The molecule has 0 aliphatic heterocycles. The summed E-state index contributed by atoms with van der Waals surface area (Å²) in [6, 6.07) is 14.3. The van der Waals surface area contributed by atoms with Gasteiger partial charge in [0.15, 0.2) is 0 Å². The zero-order valence-corrected chi connectivity index (χ0v) is 16.7. The molecule has 0 aliphatic carbocycles. The summed E-state index contributed by atoms with van der Waals surface area (Å²) in [4.78, 5) is 0. The molecule has 7 heteroatoms. The van der Waals surface area contributed by atoms with Gasteiger partial charge in [0.25, 0.3) is 0 Å². The highest BCUT2D eigenvalue weighted by Gasteiger charge is 2.44. The topological polar surface area (TPSA) is 55.4 Å². The van der Waals surface area contributed by atoms with E-state index < -0.39 is 8.80 Å². The molecule has 0 N–H and O–H groups in total. The molecule has 2 aromatic carbocycles. The number of rotatable bonds is 13. The zero-order valence-electron chi connectivity index (χ0n) is 15.7. The van der Waals surface area contributed by atoms with Crippen LogP contribution in [0.4, 0.5) is 0 Å². The number of hydrogen-bond donors (Lipinski definition) is 0. The highest BCUT2D eigenvalue weighted by atomic mass is 28.4. The minimum absolute atomic E-state index is 0.384. The maximum absolute atomic E-state index is 6.16. The molecule has 0 radical (unpaired) electrons. The lowest BCUT2D eigenvalue weighted by Gasteiger charge is -2.30. The molecule has 0 aliphatic rings. The number of hydrogen-bond acceptors (Lipinski definition) is 6. The van der Waals surface area contributed by atoms with Crippen molar-refractivity contribution in [3.8, 4) is 0 Å². The standard InChI is InChI=1S/C19H28O6Si/c1-20-10-13-23-26(24-14-11-21-2,25-15-12-22-3)19-9-8-17-6-4-5-7-18(17)16-19/h4-9,16H,10-15H2,1-3H3. The second kappa shape index (κ2) is 11.4. The molecule has 0 fully saturated rings. The summed E-state index contributed by atoms with van der Waals surface area (Å²) in [5, 5.41) is 3.19. The van der Waals surface area contributed by atoms with Gasteiger partial charge in [0.05, 0.1) is 39.6 Å². The molecule has 0 heterocycles. The summed E-state index contributed by atoms with van der Waals surface area (Å²) in [7, 11) is 1.78. The molecule has 0 amide bonds. The predicted octanol–water partition coefficient (Wildman–Crippen LogP) is 1.97. The van der Waals surface area contributed by atoms with Gasteiger partial charge in [0.2, 0.25) is 0 Å². The fraction of sp³-hybridized carbons (Fsp3) is 0.474. The Morgan fingerprint density at radius 2 is 1.12 bits per heavy atom. The Morgan fingerprint density at radius 3 is 1.62 bits per heavy atom. The fourth-order valence-electron chi connectivity index (χ4n) is 2.53. The van der Waals surface area contributed by atoms with Gasteiger partial charge in [-0.05, 0) is 16.8 Å². The monoisotopic (exact) mass is 380 g/mol. The molecule has 0 bridgehead atoms. The van der Waals surface area contributed by atoms with Crippen molar-refractivity contribution in [3.05, 3.63) is 42.5 Å². The second-order valence-corrected chi connectivity index (χ2v) is 8.20. The molecule has 0 saturated carbocycles. The van der Waals surface area contributed by atoms with Gasteiger partial charge >= 0.3 is 8.80 Å². The van der Waals surface area contributed by atoms with Crippen molar-refractivity contribution >= 4 is 24.8 Å². The molecule has 0 aromatic heterocycles. The molecule has 144 valence electrons. The number of methoxy groups -OCH3 is 3. The van der Waals surface area contributed by atoms with Gasteiger partial charge in [0, 0.05) is 26.5 Å². The number of ether oxygens (including phenoxy) is 3. The first kappa shape index (κ1) is 21.0. The minimum Gasteiger partial charge on any atom is -0.382 e. The predicted molar refractivity (Wildman–Crippen MR) is 103 cm³/mol. The maximum atomic E-state index is 6.16. The van der Waals surface area contributed by atoms with Crippen molar-refractivity contribution in [1.82, 2.24) is 0 Å². The first-order chi connectivity index (χ1) is 12.8. The summed E-state index contributed by atoms with van der Waals surface area (Å²) in [5.41, 5.74) is 0. The van der Waals surface area contributed by atoms with Crippen molar-refractivity contribution in [2.45, 2.75) is 0 Å². The third-order valence-corrected chi connectivity index (χ3v) is 6.61. The quantitative estimate of drug-likeness (QED) is 0.391. The van der Waals surface area contributed by atoms with Crippen LogP contribution in [-0.2, 0) is 27.5 Å². The van der Waals surface area contributed by atoms with Crippen molar-refractivity contribution in [1.29, 1.82) is 0 Å². The van der Waals surface area contributed by atoms with Crippen LogP contribution in [0.5, 0.6) is 0 Å². The largest absolute Gasteiger partial charge is 0.537 e. The number of benzene rings is 2. The Kier molecular flexibility index (Phi) is 9.20. The Morgan fingerprint density at radius 1 is 0.615 bits per heavy atom. The van der Waals surface area contributed by atoms with Crippen LogP contribution in [0, 0.1) is 0 Å². The first-order valence-corrected chi connectivity index (χ1v) is 10.4. The molecule has 0 spiro atoms. The van der Waals surface area contributed by atoms with Gasteiger partial charge < -0.3 is 27.5 Å². The Hall–Kier alpha value is -1.32. The zero-order chi connectivity index (χ0) is 18.7. The summed E-state index contributed by atoms with van der Waals surface area (Å²) >= 11 is 0. The molecule has 2 aromatic rings. The van der Waals surface area contributed by atoms with Crippen LogP contribution in [0.15, 0.2) is 42.5 Å².